The van der Waals surface area contributed by atoms with Crippen LogP contribution in [0.2, 0.25) is 0 Å². The van der Waals surface area contributed by atoms with Crippen LogP contribution in [0.1, 0.15) is 96.8 Å². The summed E-state index contributed by atoms with van der Waals surface area (Å²) in [5.74, 6) is -6.98. The highest BCUT2D eigenvalue weighted by atomic mass is 32.2. The highest BCUT2D eigenvalue weighted by Gasteiger charge is 2.41. The first-order valence-electron chi connectivity index (χ1n) is 26.9. The number of hydrogen-bond acceptors (Lipinski definition) is 11. The summed E-state index contributed by atoms with van der Waals surface area (Å²) in [6.07, 6.45) is 3.96. The lowest BCUT2D eigenvalue weighted by Gasteiger charge is -2.32. The van der Waals surface area contributed by atoms with E-state index >= 15 is 0 Å². The van der Waals surface area contributed by atoms with E-state index in [0.717, 1.165) is 17.2 Å². The number of aromatic nitrogens is 1. The van der Waals surface area contributed by atoms with Crippen LogP contribution in [0.15, 0.2) is 91.1 Å². The van der Waals surface area contributed by atoms with Crippen LogP contribution in [0.3, 0.4) is 0 Å². The molecule has 10 N–H and O–H groups in total. The Bertz CT molecular complexity index is 2810. The molecule has 0 aliphatic carbocycles. The van der Waals surface area contributed by atoms with Crippen molar-refractivity contribution in [3.63, 3.8) is 0 Å². The quantitative estimate of drug-likeness (QED) is 0.0379. The van der Waals surface area contributed by atoms with Gasteiger partial charge in [0.1, 0.15) is 52.1 Å². The number of nitrogens with two attached hydrogens (primary N) is 1. The van der Waals surface area contributed by atoms with Crippen molar-refractivity contribution in [2.45, 2.75) is 148 Å². The summed E-state index contributed by atoms with van der Waals surface area (Å²) in [6, 6.07) is 15.5. The van der Waals surface area contributed by atoms with Gasteiger partial charge >= 0.3 is 5.97 Å². The second kappa shape index (κ2) is 29.0. The van der Waals surface area contributed by atoms with E-state index in [9.17, 15) is 51.9 Å². The van der Waals surface area contributed by atoms with E-state index in [2.05, 4.69) is 36.9 Å². The van der Waals surface area contributed by atoms with Crippen LogP contribution >= 0.6 is 0 Å². The molecule has 78 heavy (non-hydrogen) atoms. The molecule has 3 aromatic carbocycles. The number of aliphatic carboxylic acids is 1. The van der Waals surface area contributed by atoms with Gasteiger partial charge in [-0.05, 0) is 72.6 Å². The lowest BCUT2D eigenvalue weighted by atomic mass is 9.97. The third-order valence-corrected chi connectivity index (χ3v) is 15.0. The van der Waals surface area contributed by atoms with Crippen LogP contribution in [0.4, 0.5) is 0 Å². The van der Waals surface area contributed by atoms with Crippen LogP contribution in [0, 0.1) is 17.8 Å². The normalized spacial score (nSPS) is 16.7. The number of fused-ring (bicyclic) bond motifs is 1. The van der Waals surface area contributed by atoms with Crippen molar-refractivity contribution in [2.75, 3.05) is 18.6 Å². The third kappa shape index (κ3) is 18.5. The minimum Gasteiger partial charge on any atom is -0.480 e. The third-order valence-electron chi connectivity index (χ3n) is 14.0. The van der Waals surface area contributed by atoms with E-state index < -0.39 is 111 Å². The van der Waals surface area contributed by atoms with Gasteiger partial charge in [-0.25, -0.2) is 13.2 Å². The molecule has 424 valence electrons. The zero-order valence-corrected chi connectivity index (χ0v) is 46.6. The first-order chi connectivity index (χ1) is 36.9. The fraction of sp³-hybridized carbons (Fsp3) is 0.509. The molecule has 1 aliphatic rings. The molecule has 0 saturated carbocycles. The number of nitrogens with one attached hydrogen (secondary N) is 7. The number of carboxylic acid groups (broad SMARTS) is 1. The van der Waals surface area contributed by atoms with Gasteiger partial charge in [-0.2, -0.15) is 0 Å². The van der Waals surface area contributed by atoms with Crippen molar-refractivity contribution in [2.24, 2.45) is 23.5 Å². The summed E-state index contributed by atoms with van der Waals surface area (Å²) in [6.45, 7) is 11.1. The number of H-pyrrole nitrogens is 1. The predicted octanol–water partition coefficient (Wildman–Crippen LogP) is 3.08. The molecule has 1 aromatic heterocycles. The van der Waals surface area contributed by atoms with Gasteiger partial charge in [-0.3, -0.25) is 33.6 Å². The minimum atomic E-state index is -3.41. The molecule has 9 atom stereocenters. The van der Waals surface area contributed by atoms with Crippen molar-refractivity contribution in [3.05, 3.63) is 108 Å². The zero-order valence-electron chi connectivity index (χ0n) is 45.8. The van der Waals surface area contributed by atoms with Crippen LogP contribution in [-0.2, 0) is 67.5 Å². The number of hydrogen-bond donors (Lipinski definition) is 9. The first kappa shape index (κ1) is 61.7. The number of carboxylic acids is 1. The SMILES string of the molecule is CC[C@H](C)[C@H](NC(=O)[C@H](Cc1c[nH]c2ccccc12)NC(=O)[C@H](Cc1ccccc1)NC(=O)[C@H](Cc1ccccc1)NC(=O)[C@@H]1CCCN1C(=O)[C@H](CC(C)C)NC(=O)[C@H](CC(C)C)NC(=O)[C@@H](N)CCS(C)(=O)=O)C(=O)O. The van der Waals surface area contributed by atoms with Crippen LogP contribution in [0.25, 0.3) is 10.9 Å². The molecule has 0 radical (unpaired) electrons. The molecule has 0 bridgehead atoms. The predicted molar refractivity (Wildman–Crippen MR) is 297 cm³/mol. The topological polar surface area (TPSA) is 308 Å². The summed E-state index contributed by atoms with van der Waals surface area (Å²) < 4.78 is 23.5. The van der Waals surface area contributed by atoms with Gasteiger partial charge in [0.15, 0.2) is 0 Å². The summed E-state index contributed by atoms with van der Waals surface area (Å²) >= 11 is 0. The lowest BCUT2D eigenvalue weighted by Crippen LogP contribution is -2.61. The van der Waals surface area contributed by atoms with Gasteiger partial charge in [-0.1, -0.05) is 127 Å². The number of para-hydroxylation sites is 1. The van der Waals surface area contributed by atoms with Gasteiger partial charge < -0.3 is 52.6 Å². The Morgan fingerprint density at radius 1 is 0.654 bits per heavy atom. The van der Waals surface area contributed by atoms with E-state index in [1.807, 2.05) is 52.0 Å². The van der Waals surface area contributed by atoms with E-state index in [4.69, 9.17) is 5.73 Å². The number of rotatable bonds is 29. The second-order valence-corrected chi connectivity index (χ2v) is 23.7. The maximum absolute atomic E-state index is 14.8. The minimum absolute atomic E-state index is 0.0244. The Hall–Kier alpha value is -7.13. The monoisotopic (exact) mass is 1100 g/mol. The average Bonchev–Trinajstić information content (AvgIpc) is 4.08. The Labute approximate surface area is 457 Å². The smallest absolute Gasteiger partial charge is 0.326 e. The number of sulfone groups is 1. The molecule has 0 spiro atoms. The van der Waals surface area contributed by atoms with E-state index in [1.165, 1.54) is 4.90 Å². The highest BCUT2D eigenvalue weighted by molar-refractivity contribution is 7.90. The van der Waals surface area contributed by atoms with Crippen molar-refractivity contribution in [1.29, 1.82) is 0 Å². The molecule has 1 saturated heterocycles. The number of nitrogens with zero attached hydrogens (tertiary/aromatic N) is 1. The lowest BCUT2D eigenvalue weighted by molar-refractivity contribution is -0.144. The molecular formula is C57H79N9O11S. The van der Waals surface area contributed by atoms with Crippen LogP contribution < -0.4 is 37.6 Å². The zero-order chi connectivity index (χ0) is 57.3. The van der Waals surface area contributed by atoms with Gasteiger partial charge in [0.05, 0.1) is 11.8 Å². The van der Waals surface area contributed by atoms with Crippen LogP contribution in [0.5, 0.6) is 0 Å². The molecule has 4 aromatic rings. The maximum Gasteiger partial charge on any atom is 0.326 e. The molecule has 2 heterocycles. The first-order valence-corrected chi connectivity index (χ1v) is 28.9. The molecule has 5 rings (SSSR count). The molecular weight excluding hydrogens is 1020 g/mol. The number of amides is 7. The fourth-order valence-corrected chi connectivity index (χ4v) is 10.2. The highest BCUT2D eigenvalue weighted by Crippen LogP contribution is 2.23. The van der Waals surface area contributed by atoms with Crippen molar-refractivity contribution < 1.29 is 51.9 Å². The van der Waals surface area contributed by atoms with E-state index in [0.29, 0.717) is 29.5 Å². The number of benzene rings is 3. The number of carbonyl (C=O) groups excluding carboxylic acids is 7. The molecule has 1 aliphatic heterocycles. The fourth-order valence-electron chi connectivity index (χ4n) is 9.52. The van der Waals surface area contributed by atoms with Gasteiger partial charge in [0.25, 0.3) is 0 Å². The Morgan fingerprint density at radius 3 is 1.69 bits per heavy atom. The molecule has 20 nitrogen and oxygen atoms in total. The maximum atomic E-state index is 14.8. The van der Waals surface area contributed by atoms with E-state index in [1.54, 1.807) is 80.7 Å². The molecule has 1 fully saturated rings. The van der Waals surface area contributed by atoms with Gasteiger partial charge in [-0.15, -0.1) is 0 Å². The molecule has 21 heteroatoms. The average molecular weight is 1100 g/mol. The second-order valence-electron chi connectivity index (χ2n) is 21.4. The molecule has 7 amide bonds. The standard InChI is InChI=1S/C57H79N9O11S/c1-8-36(6)49(57(74)75)65-54(71)46(32-39-33-59-42-23-16-15-22-40(39)42)62-52(69)44(30-37-18-11-9-12-19-37)61-53(70)45(31-38-20-13-10-14-21-38)63-55(72)48-24-17-26-66(48)56(73)47(29-35(4)5)64-51(68)43(28-34(2)3)60-50(67)41(58)25-27-78(7,76)77/h9-16,18-23,33-36,41,43-49,59H,8,17,24-32,58H2,1-7H3,(H,60,67)(H,61,70)(H,62,69)(H,63,72)(H,64,68)(H,65,71)(H,74,75)/t36-,41-,43-,44-,45-,46-,47-,48-,49-/m0/s1. The Kier molecular flexibility index (Phi) is 23.0. The molecule has 0 unspecified atom stereocenters. The number of carbonyl (C=O) groups is 8. The van der Waals surface area contributed by atoms with Crippen LogP contribution in [-0.4, -0.2) is 138 Å². The Balaban J connectivity index is 1.41. The Morgan fingerprint density at radius 2 is 1.14 bits per heavy atom. The summed E-state index contributed by atoms with van der Waals surface area (Å²) in [7, 11) is -3.41. The van der Waals surface area contributed by atoms with Crippen molar-refractivity contribution in [1.82, 2.24) is 41.8 Å². The van der Waals surface area contributed by atoms with Gasteiger partial charge in [0.2, 0.25) is 41.4 Å². The number of aromatic amines is 1. The van der Waals surface area contributed by atoms with Crippen molar-refractivity contribution in [3.8, 4) is 0 Å². The largest absolute Gasteiger partial charge is 0.480 e. The summed E-state index contributed by atoms with van der Waals surface area (Å²) in [5.41, 5.74) is 8.82. The van der Waals surface area contributed by atoms with Gasteiger partial charge in [0, 0.05) is 49.2 Å². The summed E-state index contributed by atoms with van der Waals surface area (Å²) in [5, 5.41) is 27.6. The number of likely N-dealkylation sites (tertiary alicyclic amines) is 1. The van der Waals surface area contributed by atoms with Crippen molar-refractivity contribution >= 4 is 68.1 Å². The van der Waals surface area contributed by atoms with E-state index in [-0.39, 0.29) is 69.1 Å². The summed E-state index contributed by atoms with van der Waals surface area (Å²) in [4.78, 5) is 117.